The lowest BCUT2D eigenvalue weighted by atomic mass is 9.83. The van der Waals surface area contributed by atoms with Crippen LogP contribution in [0.15, 0.2) is 47.5 Å². The van der Waals surface area contributed by atoms with Gasteiger partial charge in [0.25, 0.3) is 0 Å². The molecule has 0 bridgehead atoms. The molecule has 0 saturated heterocycles. The molecule has 154 valence electrons. The van der Waals surface area contributed by atoms with Crippen molar-refractivity contribution < 1.29 is 9.59 Å². The smallest absolute Gasteiger partial charge is 0.196 e. The number of ketones is 2. The van der Waals surface area contributed by atoms with Gasteiger partial charge in [0, 0.05) is 40.9 Å². The number of thioether (sulfide) groups is 1. The maximum absolute atomic E-state index is 13.4. The minimum atomic E-state index is -0.112. The summed E-state index contributed by atoms with van der Waals surface area (Å²) >= 11 is 1.72. The Balaban J connectivity index is 1.97. The molecule has 0 N–H and O–H groups in total. The summed E-state index contributed by atoms with van der Waals surface area (Å²) in [5.74, 6) is 0.772. The Hall–Kier alpha value is -2.66. The molecule has 0 amide bonds. The van der Waals surface area contributed by atoms with E-state index in [1.165, 1.54) is 0 Å². The van der Waals surface area contributed by atoms with Crippen LogP contribution < -0.4 is 4.90 Å². The van der Waals surface area contributed by atoms with Crippen LogP contribution in [-0.2, 0) is 0 Å². The van der Waals surface area contributed by atoms with Gasteiger partial charge in [-0.25, -0.2) is 4.98 Å². The Labute approximate surface area is 181 Å². The lowest BCUT2D eigenvalue weighted by Crippen LogP contribution is -2.24. The summed E-state index contributed by atoms with van der Waals surface area (Å²) in [5, 5.41) is 1.84. The number of rotatable bonds is 7. The molecular weight excluding hydrogens is 392 g/mol. The van der Waals surface area contributed by atoms with Gasteiger partial charge in [0.2, 0.25) is 0 Å². The third-order valence-electron chi connectivity index (χ3n) is 5.68. The topological polar surface area (TPSA) is 50.3 Å². The zero-order chi connectivity index (χ0) is 21.3. The quantitative estimate of drug-likeness (QED) is 0.283. The minimum Gasteiger partial charge on any atom is -0.371 e. The first kappa shape index (κ1) is 20.6. The van der Waals surface area contributed by atoms with E-state index in [0.717, 1.165) is 47.8 Å². The van der Waals surface area contributed by atoms with Gasteiger partial charge in [-0.3, -0.25) is 9.59 Å². The van der Waals surface area contributed by atoms with Crippen molar-refractivity contribution in [3.05, 3.63) is 64.7 Å². The van der Waals surface area contributed by atoms with E-state index in [1.807, 2.05) is 6.07 Å². The molecule has 3 aromatic rings. The van der Waals surface area contributed by atoms with E-state index in [1.54, 1.807) is 42.1 Å². The monoisotopic (exact) mass is 418 g/mol. The number of benzene rings is 2. The van der Waals surface area contributed by atoms with E-state index >= 15 is 0 Å². The molecular formula is C25H26N2O2S. The van der Waals surface area contributed by atoms with Crippen molar-refractivity contribution >= 4 is 39.9 Å². The van der Waals surface area contributed by atoms with Crippen LogP contribution in [0, 0.1) is 0 Å². The number of hydrogen-bond donors (Lipinski definition) is 0. The van der Waals surface area contributed by atoms with Gasteiger partial charge in [-0.15, -0.1) is 11.8 Å². The Morgan fingerprint density at radius 3 is 2.27 bits per heavy atom. The Morgan fingerprint density at radius 1 is 0.900 bits per heavy atom. The van der Waals surface area contributed by atoms with Gasteiger partial charge < -0.3 is 4.90 Å². The summed E-state index contributed by atoms with van der Waals surface area (Å²) in [5.41, 5.74) is 3.57. The number of aromatic nitrogens is 1. The maximum atomic E-state index is 13.4. The molecule has 1 aliphatic rings. The van der Waals surface area contributed by atoms with Crippen molar-refractivity contribution in [2.24, 2.45) is 0 Å². The summed E-state index contributed by atoms with van der Waals surface area (Å²) in [7, 11) is 0. The molecule has 2 aromatic carbocycles. The van der Waals surface area contributed by atoms with Crippen LogP contribution in [0.2, 0.25) is 0 Å². The average Bonchev–Trinajstić information content (AvgIpc) is 2.77. The van der Waals surface area contributed by atoms with Gasteiger partial charge in [-0.05, 0) is 44.2 Å². The number of hydrogen-bond acceptors (Lipinski definition) is 5. The number of carbonyl (C=O) groups is 2. The van der Waals surface area contributed by atoms with Crippen LogP contribution in [-0.4, -0.2) is 35.4 Å². The van der Waals surface area contributed by atoms with E-state index in [0.29, 0.717) is 27.8 Å². The van der Waals surface area contributed by atoms with Gasteiger partial charge in [0.05, 0.1) is 16.1 Å². The Morgan fingerprint density at radius 2 is 1.60 bits per heavy atom. The van der Waals surface area contributed by atoms with Crippen molar-refractivity contribution in [1.82, 2.24) is 4.98 Å². The van der Waals surface area contributed by atoms with Gasteiger partial charge in [-0.2, -0.15) is 0 Å². The zero-order valence-corrected chi connectivity index (χ0v) is 18.5. The van der Waals surface area contributed by atoms with Gasteiger partial charge in [0.1, 0.15) is 0 Å². The van der Waals surface area contributed by atoms with Crippen molar-refractivity contribution in [2.75, 3.05) is 23.7 Å². The normalized spacial score (nSPS) is 12.8. The highest BCUT2D eigenvalue weighted by Gasteiger charge is 2.32. The lowest BCUT2D eigenvalue weighted by Gasteiger charge is -2.25. The first-order valence-electron chi connectivity index (χ1n) is 10.6. The third kappa shape index (κ3) is 3.41. The van der Waals surface area contributed by atoms with E-state index in [4.69, 9.17) is 4.98 Å². The molecule has 1 aromatic heterocycles. The van der Waals surface area contributed by atoms with Crippen LogP contribution in [0.3, 0.4) is 0 Å². The first-order valence-corrected chi connectivity index (χ1v) is 11.6. The number of carbonyl (C=O) groups excluding carboxylic acids is 2. The molecule has 0 saturated carbocycles. The van der Waals surface area contributed by atoms with Crippen molar-refractivity contribution in [2.45, 2.75) is 38.6 Å². The molecule has 30 heavy (non-hydrogen) atoms. The van der Waals surface area contributed by atoms with E-state index in [2.05, 4.69) is 31.7 Å². The largest absolute Gasteiger partial charge is 0.371 e. The number of pyridine rings is 1. The van der Waals surface area contributed by atoms with Crippen LogP contribution in [0.4, 0.5) is 5.69 Å². The van der Waals surface area contributed by atoms with E-state index in [9.17, 15) is 9.59 Å². The standard InChI is InChI=1S/C25H26N2O2S/c1-4-7-14-30-21-15-20(27(5-2)6-3)18-12-13-19-22(23(18)26-21)25(29)17-11-9-8-10-16(17)24(19)28/h8-13,15H,4-7,14H2,1-3H3. The minimum absolute atomic E-state index is 0.0997. The second kappa shape index (κ2) is 8.60. The van der Waals surface area contributed by atoms with Crippen molar-refractivity contribution in [3.8, 4) is 0 Å². The van der Waals surface area contributed by atoms with Crippen LogP contribution in [0.25, 0.3) is 10.9 Å². The van der Waals surface area contributed by atoms with Gasteiger partial charge >= 0.3 is 0 Å². The molecule has 1 heterocycles. The number of unbranched alkanes of at least 4 members (excludes halogenated alkanes) is 1. The predicted octanol–water partition coefficient (Wildman–Crippen LogP) is 5.75. The lowest BCUT2D eigenvalue weighted by molar-refractivity contribution is 0.0980. The van der Waals surface area contributed by atoms with Crippen LogP contribution in [0.1, 0.15) is 65.5 Å². The van der Waals surface area contributed by atoms with E-state index < -0.39 is 0 Å². The SMILES string of the molecule is CCCCSc1cc(N(CC)CC)c2ccc3c(c2n1)C(=O)c1ccccc1C3=O. The fourth-order valence-corrected chi connectivity index (χ4v) is 5.04. The third-order valence-corrected chi connectivity index (χ3v) is 6.67. The second-order valence-corrected chi connectivity index (χ2v) is 8.56. The molecule has 1 aliphatic carbocycles. The second-order valence-electron chi connectivity index (χ2n) is 7.44. The molecule has 4 rings (SSSR count). The summed E-state index contributed by atoms with van der Waals surface area (Å²) in [6.07, 6.45) is 2.24. The molecule has 0 atom stereocenters. The highest BCUT2D eigenvalue weighted by atomic mass is 32.2. The highest BCUT2D eigenvalue weighted by molar-refractivity contribution is 7.99. The summed E-state index contributed by atoms with van der Waals surface area (Å²) in [4.78, 5) is 33.7. The zero-order valence-electron chi connectivity index (χ0n) is 17.7. The molecule has 0 radical (unpaired) electrons. The molecule has 0 unspecified atom stereocenters. The predicted molar refractivity (Wildman–Crippen MR) is 124 cm³/mol. The Kier molecular flexibility index (Phi) is 5.91. The van der Waals surface area contributed by atoms with Crippen LogP contribution in [0.5, 0.6) is 0 Å². The summed E-state index contributed by atoms with van der Waals surface area (Å²) in [6, 6.07) is 13.0. The van der Waals surface area contributed by atoms with Crippen molar-refractivity contribution in [3.63, 3.8) is 0 Å². The van der Waals surface area contributed by atoms with Crippen LogP contribution >= 0.6 is 11.8 Å². The number of nitrogens with zero attached hydrogens (tertiary/aromatic N) is 2. The fourth-order valence-electron chi connectivity index (χ4n) is 4.05. The molecule has 5 heteroatoms. The first-order chi connectivity index (χ1) is 14.6. The van der Waals surface area contributed by atoms with Gasteiger partial charge in [-0.1, -0.05) is 37.6 Å². The molecule has 0 fully saturated rings. The fraction of sp³-hybridized carbons (Fsp3) is 0.320. The number of anilines is 1. The maximum Gasteiger partial charge on any atom is 0.196 e. The molecule has 0 spiro atoms. The molecule has 4 nitrogen and oxygen atoms in total. The highest BCUT2D eigenvalue weighted by Crippen LogP contribution is 2.37. The van der Waals surface area contributed by atoms with E-state index in [-0.39, 0.29) is 11.6 Å². The van der Waals surface area contributed by atoms with Crippen molar-refractivity contribution in [1.29, 1.82) is 0 Å². The summed E-state index contributed by atoms with van der Waals surface area (Å²) in [6.45, 7) is 8.16. The average molecular weight is 419 g/mol. The number of fused-ring (bicyclic) bond motifs is 4. The Bertz CT molecular complexity index is 1140. The molecule has 0 aliphatic heterocycles. The van der Waals surface area contributed by atoms with Gasteiger partial charge in [0.15, 0.2) is 11.6 Å². The summed E-state index contributed by atoms with van der Waals surface area (Å²) < 4.78 is 0.